The zero-order valence-electron chi connectivity index (χ0n) is 14.0. The lowest BCUT2D eigenvalue weighted by Gasteiger charge is -2.29. The summed E-state index contributed by atoms with van der Waals surface area (Å²) in [5, 5.41) is 0. The smallest absolute Gasteiger partial charge is 0.123 e. The summed E-state index contributed by atoms with van der Waals surface area (Å²) >= 11 is 0. The minimum atomic E-state index is 0.318. The Morgan fingerprint density at radius 1 is 1.08 bits per heavy atom. The number of ether oxygens (including phenoxy) is 1. The summed E-state index contributed by atoms with van der Waals surface area (Å²) < 4.78 is 6.31. The lowest BCUT2D eigenvalue weighted by Crippen LogP contribution is -2.35. The number of nitrogens with one attached hydrogen (secondary N) is 1. The average molecular weight is 321 g/mol. The van der Waals surface area contributed by atoms with Crippen LogP contribution in [0.25, 0.3) is 11.0 Å². The summed E-state index contributed by atoms with van der Waals surface area (Å²) in [6.07, 6.45) is 3.26. The molecule has 2 aromatic carbocycles. The fourth-order valence-corrected chi connectivity index (χ4v) is 3.32. The molecule has 0 bridgehead atoms. The Morgan fingerprint density at radius 2 is 1.83 bits per heavy atom. The number of rotatable bonds is 4. The minimum Gasteiger partial charge on any atom is -0.490 e. The molecule has 24 heavy (non-hydrogen) atoms. The SMILES string of the molecule is CN1CCC(Oc2ccccc2Cc2nc3ccccc3[nH]2)CC1. The average Bonchev–Trinajstić information content (AvgIpc) is 3.01. The summed E-state index contributed by atoms with van der Waals surface area (Å²) in [7, 11) is 2.17. The van der Waals surface area contributed by atoms with E-state index >= 15 is 0 Å². The molecule has 1 fully saturated rings. The van der Waals surface area contributed by atoms with E-state index in [1.54, 1.807) is 0 Å². The molecule has 2 heterocycles. The highest BCUT2D eigenvalue weighted by molar-refractivity contribution is 5.74. The lowest BCUT2D eigenvalue weighted by molar-refractivity contribution is 0.113. The highest BCUT2D eigenvalue weighted by Crippen LogP contribution is 2.25. The fraction of sp³-hybridized carbons (Fsp3) is 0.350. The Balaban J connectivity index is 1.52. The van der Waals surface area contributed by atoms with Crippen LogP contribution in [0.1, 0.15) is 24.2 Å². The monoisotopic (exact) mass is 321 g/mol. The molecule has 0 unspecified atom stereocenters. The Hall–Kier alpha value is -2.33. The maximum Gasteiger partial charge on any atom is 0.123 e. The second-order valence-electron chi connectivity index (χ2n) is 6.61. The van der Waals surface area contributed by atoms with Gasteiger partial charge in [0.15, 0.2) is 0 Å². The number of piperidine rings is 1. The molecule has 4 rings (SSSR count). The fourth-order valence-electron chi connectivity index (χ4n) is 3.32. The highest BCUT2D eigenvalue weighted by Gasteiger charge is 2.19. The number of nitrogens with zero attached hydrogens (tertiary/aromatic N) is 2. The minimum absolute atomic E-state index is 0.318. The number of likely N-dealkylation sites (tertiary alicyclic amines) is 1. The largest absolute Gasteiger partial charge is 0.490 e. The number of aromatic amines is 1. The first-order chi connectivity index (χ1) is 11.8. The molecule has 0 atom stereocenters. The molecular formula is C20H23N3O. The van der Waals surface area contributed by atoms with Crippen molar-refractivity contribution >= 4 is 11.0 Å². The van der Waals surface area contributed by atoms with Gasteiger partial charge in [-0.2, -0.15) is 0 Å². The second kappa shape index (κ2) is 6.65. The zero-order valence-corrected chi connectivity index (χ0v) is 14.0. The number of hydrogen-bond acceptors (Lipinski definition) is 3. The number of fused-ring (bicyclic) bond motifs is 1. The number of H-pyrrole nitrogens is 1. The Kier molecular flexibility index (Phi) is 4.22. The molecule has 0 spiro atoms. The molecule has 1 aromatic heterocycles. The van der Waals surface area contributed by atoms with Crippen LogP contribution >= 0.6 is 0 Å². The van der Waals surface area contributed by atoms with Gasteiger partial charge in [-0.15, -0.1) is 0 Å². The van der Waals surface area contributed by atoms with Gasteiger partial charge in [-0.05, 0) is 38.1 Å². The van der Waals surface area contributed by atoms with Crippen LogP contribution in [-0.4, -0.2) is 41.1 Å². The van der Waals surface area contributed by atoms with Crippen molar-refractivity contribution in [2.24, 2.45) is 0 Å². The number of aromatic nitrogens is 2. The molecule has 1 saturated heterocycles. The van der Waals surface area contributed by atoms with Crippen molar-refractivity contribution in [3.63, 3.8) is 0 Å². The molecule has 0 saturated carbocycles. The maximum atomic E-state index is 6.31. The predicted molar refractivity (Wildman–Crippen MR) is 96.5 cm³/mol. The summed E-state index contributed by atoms with van der Waals surface area (Å²) in [5.41, 5.74) is 3.29. The van der Waals surface area contributed by atoms with Crippen LogP contribution in [0.5, 0.6) is 5.75 Å². The van der Waals surface area contributed by atoms with Gasteiger partial charge in [-0.1, -0.05) is 30.3 Å². The van der Waals surface area contributed by atoms with Crippen molar-refractivity contribution in [2.75, 3.05) is 20.1 Å². The molecule has 4 nitrogen and oxygen atoms in total. The maximum absolute atomic E-state index is 6.31. The Bertz CT molecular complexity index is 785. The topological polar surface area (TPSA) is 41.1 Å². The Labute approximate surface area is 142 Å². The van der Waals surface area contributed by atoms with Crippen molar-refractivity contribution in [1.82, 2.24) is 14.9 Å². The van der Waals surface area contributed by atoms with Crippen LogP contribution in [0.2, 0.25) is 0 Å². The van der Waals surface area contributed by atoms with Crippen molar-refractivity contribution < 1.29 is 4.74 Å². The van der Waals surface area contributed by atoms with E-state index in [0.29, 0.717) is 6.10 Å². The van der Waals surface area contributed by atoms with Gasteiger partial charge in [-0.25, -0.2) is 4.98 Å². The van der Waals surface area contributed by atoms with E-state index in [2.05, 4.69) is 46.2 Å². The quantitative estimate of drug-likeness (QED) is 0.798. The van der Waals surface area contributed by atoms with E-state index in [9.17, 15) is 0 Å². The van der Waals surface area contributed by atoms with Crippen molar-refractivity contribution in [3.8, 4) is 5.75 Å². The third-order valence-corrected chi connectivity index (χ3v) is 4.73. The van der Waals surface area contributed by atoms with Crippen LogP contribution in [0.15, 0.2) is 48.5 Å². The molecule has 1 aliphatic heterocycles. The lowest BCUT2D eigenvalue weighted by atomic mass is 10.1. The first kappa shape index (κ1) is 15.2. The van der Waals surface area contributed by atoms with Crippen LogP contribution < -0.4 is 4.74 Å². The third kappa shape index (κ3) is 3.29. The molecule has 4 heteroatoms. The second-order valence-corrected chi connectivity index (χ2v) is 6.61. The van der Waals surface area contributed by atoms with E-state index in [-0.39, 0.29) is 0 Å². The van der Waals surface area contributed by atoms with E-state index in [1.807, 2.05) is 24.3 Å². The van der Waals surface area contributed by atoms with Crippen LogP contribution in [0.4, 0.5) is 0 Å². The Morgan fingerprint density at radius 3 is 2.67 bits per heavy atom. The normalized spacial score (nSPS) is 16.5. The molecule has 3 aromatic rings. The number of hydrogen-bond donors (Lipinski definition) is 1. The first-order valence-electron chi connectivity index (χ1n) is 8.65. The van der Waals surface area contributed by atoms with E-state index < -0.39 is 0 Å². The standard InChI is InChI=1S/C20H23N3O/c1-23-12-10-16(11-13-23)24-19-9-5-2-6-15(19)14-20-21-17-7-3-4-8-18(17)22-20/h2-9,16H,10-14H2,1H3,(H,21,22). The molecular weight excluding hydrogens is 298 g/mol. The highest BCUT2D eigenvalue weighted by atomic mass is 16.5. The number of para-hydroxylation sites is 3. The summed E-state index contributed by atoms with van der Waals surface area (Å²) in [4.78, 5) is 10.5. The molecule has 124 valence electrons. The van der Waals surface area contributed by atoms with Gasteiger partial charge in [0.2, 0.25) is 0 Å². The first-order valence-corrected chi connectivity index (χ1v) is 8.65. The van der Waals surface area contributed by atoms with E-state index in [4.69, 9.17) is 4.74 Å². The predicted octanol–water partition coefficient (Wildman–Crippen LogP) is 3.63. The number of imidazole rings is 1. The zero-order chi connectivity index (χ0) is 16.4. The van der Waals surface area contributed by atoms with Gasteiger partial charge in [0.25, 0.3) is 0 Å². The van der Waals surface area contributed by atoms with E-state index in [1.165, 1.54) is 5.56 Å². The molecule has 0 aliphatic carbocycles. The third-order valence-electron chi connectivity index (χ3n) is 4.73. The molecule has 1 N–H and O–H groups in total. The van der Waals surface area contributed by atoms with Gasteiger partial charge >= 0.3 is 0 Å². The van der Waals surface area contributed by atoms with Crippen LogP contribution in [-0.2, 0) is 6.42 Å². The van der Waals surface area contributed by atoms with Crippen LogP contribution in [0.3, 0.4) is 0 Å². The van der Waals surface area contributed by atoms with Crippen LogP contribution in [0, 0.1) is 0 Å². The molecule has 0 amide bonds. The molecule has 0 radical (unpaired) electrons. The van der Waals surface area contributed by atoms with Gasteiger partial charge in [0, 0.05) is 25.1 Å². The van der Waals surface area contributed by atoms with Gasteiger partial charge in [0.05, 0.1) is 11.0 Å². The van der Waals surface area contributed by atoms with Crippen molar-refractivity contribution in [2.45, 2.75) is 25.4 Å². The van der Waals surface area contributed by atoms with Gasteiger partial charge in [-0.3, -0.25) is 0 Å². The van der Waals surface area contributed by atoms with Gasteiger partial charge in [0.1, 0.15) is 17.7 Å². The van der Waals surface area contributed by atoms with Crippen molar-refractivity contribution in [1.29, 1.82) is 0 Å². The summed E-state index contributed by atoms with van der Waals surface area (Å²) in [6, 6.07) is 16.5. The molecule has 1 aliphatic rings. The number of benzene rings is 2. The van der Waals surface area contributed by atoms with Gasteiger partial charge < -0.3 is 14.6 Å². The summed E-state index contributed by atoms with van der Waals surface area (Å²) in [5.74, 6) is 1.98. The van der Waals surface area contributed by atoms with Crippen molar-refractivity contribution in [3.05, 3.63) is 59.9 Å². The van der Waals surface area contributed by atoms with E-state index in [0.717, 1.165) is 55.0 Å². The summed E-state index contributed by atoms with van der Waals surface area (Å²) in [6.45, 7) is 2.22.